The molecular weight excluding hydrogens is 298 g/mol. The molecular formula is C16H15N3O2S. The quantitative estimate of drug-likeness (QED) is 0.805. The molecule has 5 nitrogen and oxygen atoms in total. The molecule has 2 rings (SSSR count). The van der Waals surface area contributed by atoms with Crippen molar-refractivity contribution in [2.75, 3.05) is 11.9 Å². The lowest BCUT2D eigenvalue weighted by Crippen LogP contribution is -2.24. The van der Waals surface area contributed by atoms with E-state index in [1.165, 1.54) is 11.3 Å². The Kier molecular flexibility index (Phi) is 5.69. The first-order valence-corrected chi connectivity index (χ1v) is 7.69. The Morgan fingerprint density at radius 1 is 1.23 bits per heavy atom. The first kappa shape index (κ1) is 15.7. The Labute approximate surface area is 132 Å². The third kappa shape index (κ3) is 4.72. The summed E-state index contributed by atoms with van der Waals surface area (Å²) in [6, 6.07) is 12.4. The van der Waals surface area contributed by atoms with E-state index in [1.807, 2.05) is 17.5 Å². The molecule has 2 aromatic rings. The Bertz CT molecular complexity index is 690. The number of nitrogens with zero attached hydrogens (tertiary/aromatic N) is 1. The van der Waals surface area contributed by atoms with E-state index in [0.717, 1.165) is 0 Å². The summed E-state index contributed by atoms with van der Waals surface area (Å²) in [4.78, 5) is 24.1. The van der Waals surface area contributed by atoms with Gasteiger partial charge in [-0.1, -0.05) is 12.1 Å². The van der Waals surface area contributed by atoms with Gasteiger partial charge in [0.1, 0.15) is 0 Å². The lowest BCUT2D eigenvalue weighted by molar-refractivity contribution is -0.116. The van der Waals surface area contributed by atoms with E-state index in [0.29, 0.717) is 35.5 Å². The average molecular weight is 313 g/mol. The van der Waals surface area contributed by atoms with Gasteiger partial charge >= 0.3 is 0 Å². The molecule has 0 fully saturated rings. The molecule has 0 aliphatic rings. The molecule has 0 saturated heterocycles. The van der Waals surface area contributed by atoms with Gasteiger partial charge in [0.05, 0.1) is 16.5 Å². The highest BCUT2D eigenvalue weighted by Gasteiger charge is 2.06. The van der Waals surface area contributed by atoms with Crippen molar-refractivity contribution >= 4 is 28.8 Å². The Hall–Kier alpha value is -2.65. The highest BCUT2D eigenvalue weighted by Crippen LogP contribution is 2.10. The summed E-state index contributed by atoms with van der Waals surface area (Å²) in [5.74, 6) is -0.252. The fraction of sp³-hybridized carbons (Fsp3) is 0.188. The summed E-state index contributed by atoms with van der Waals surface area (Å²) in [5, 5.41) is 16.1. The number of benzene rings is 1. The van der Waals surface area contributed by atoms with Crippen LogP contribution < -0.4 is 10.6 Å². The van der Waals surface area contributed by atoms with Crippen molar-refractivity contribution in [1.82, 2.24) is 5.32 Å². The highest BCUT2D eigenvalue weighted by atomic mass is 32.1. The van der Waals surface area contributed by atoms with E-state index in [9.17, 15) is 9.59 Å². The summed E-state index contributed by atoms with van der Waals surface area (Å²) in [6.07, 6.45) is 0.863. The van der Waals surface area contributed by atoms with Gasteiger partial charge < -0.3 is 10.6 Å². The molecule has 22 heavy (non-hydrogen) atoms. The van der Waals surface area contributed by atoms with Gasteiger partial charge in [-0.15, -0.1) is 11.3 Å². The molecule has 1 aromatic heterocycles. The molecule has 0 bridgehead atoms. The smallest absolute Gasteiger partial charge is 0.261 e. The molecule has 112 valence electrons. The van der Waals surface area contributed by atoms with E-state index in [4.69, 9.17) is 5.26 Å². The number of nitriles is 1. The fourth-order valence-electron chi connectivity index (χ4n) is 1.84. The van der Waals surface area contributed by atoms with E-state index >= 15 is 0 Å². The van der Waals surface area contributed by atoms with Crippen LogP contribution in [0.15, 0.2) is 41.8 Å². The Balaban J connectivity index is 1.70. The molecule has 0 unspecified atom stereocenters. The zero-order chi connectivity index (χ0) is 15.8. The standard InChI is InChI=1S/C16H15N3O2S/c17-11-12-4-1-5-13(10-12)19-15(20)7-2-8-18-16(21)14-6-3-9-22-14/h1,3-6,9-10H,2,7-8H2,(H,18,21)(H,19,20). The second-order valence-corrected chi connectivity index (χ2v) is 5.53. The van der Waals surface area contributed by atoms with Crippen molar-refractivity contribution in [3.8, 4) is 6.07 Å². The largest absolute Gasteiger partial charge is 0.351 e. The zero-order valence-electron chi connectivity index (χ0n) is 11.8. The van der Waals surface area contributed by atoms with Crippen molar-refractivity contribution in [2.45, 2.75) is 12.8 Å². The van der Waals surface area contributed by atoms with Gasteiger partial charge in [-0.25, -0.2) is 0 Å². The third-order valence-electron chi connectivity index (χ3n) is 2.89. The number of hydrogen-bond donors (Lipinski definition) is 2. The lowest BCUT2D eigenvalue weighted by Gasteiger charge is -2.06. The first-order valence-electron chi connectivity index (χ1n) is 6.81. The van der Waals surface area contributed by atoms with Gasteiger partial charge in [-0.2, -0.15) is 5.26 Å². The first-order chi connectivity index (χ1) is 10.7. The van der Waals surface area contributed by atoms with Gasteiger partial charge in [-0.05, 0) is 36.1 Å². The van der Waals surface area contributed by atoms with Gasteiger partial charge in [0.2, 0.25) is 5.91 Å². The number of carbonyl (C=O) groups excluding carboxylic acids is 2. The van der Waals surface area contributed by atoms with Crippen LogP contribution in [-0.2, 0) is 4.79 Å². The molecule has 0 atom stereocenters. The van der Waals surface area contributed by atoms with Gasteiger partial charge in [0.25, 0.3) is 5.91 Å². The van der Waals surface area contributed by atoms with Crippen LogP contribution in [-0.4, -0.2) is 18.4 Å². The van der Waals surface area contributed by atoms with Crippen LogP contribution in [0, 0.1) is 11.3 Å². The van der Waals surface area contributed by atoms with Gasteiger partial charge in [-0.3, -0.25) is 9.59 Å². The van der Waals surface area contributed by atoms with Crippen molar-refractivity contribution in [3.05, 3.63) is 52.2 Å². The van der Waals surface area contributed by atoms with Crippen LogP contribution in [0.25, 0.3) is 0 Å². The fourth-order valence-corrected chi connectivity index (χ4v) is 2.48. The minimum Gasteiger partial charge on any atom is -0.351 e. The molecule has 0 aliphatic carbocycles. The lowest BCUT2D eigenvalue weighted by atomic mass is 10.2. The summed E-state index contributed by atoms with van der Waals surface area (Å²) in [7, 11) is 0. The Morgan fingerprint density at radius 3 is 2.82 bits per heavy atom. The average Bonchev–Trinajstić information content (AvgIpc) is 3.06. The summed E-state index contributed by atoms with van der Waals surface area (Å²) in [5.41, 5.74) is 1.10. The zero-order valence-corrected chi connectivity index (χ0v) is 12.7. The maximum atomic E-state index is 11.8. The van der Waals surface area contributed by atoms with Crippen LogP contribution in [0.5, 0.6) is 0 Å². The molecule has 0 aliphatic heterocycles. The number of amides is 2. The monoisotopic (exact) mass is 313 g/mol. The van der Waals surface area contributed by atoms with E-state index in [-0.39, 0.29) is 11.8 Å². The molecule has 0 saturated carbocycles. The number of rotatable bonds is 6. The number of carbonyl (C=O) groups is 2. The summed E-state index contributed by atoms with van der Waals surface area (Å²) in [6.45, 7) is 0.447. The minimum atomic E-state index is -0.138. The van der Waals surface area contributed by atoms with Crippen molar-refractivity contribution in [1.29, 1.82) is 5.26 Å². The molecule has 1 heterocycles. The highest BCUT2D eigenvalue weighted by molar-refractivity contribution is 7.12. The third-order valence-corrected chi connectivity index (χ3v) is 3.76. The van der Waals surface area contributed by atoms with Crippen molar-refractivity contribution in [3.63, 3.8) is 0 Å². The van der Waals surface area contributed by atoms with E-state index < -0.39 is 0 Å². The predicted octanol–water partition coefficient (Wildman–Crippen LogP) is 2.77. The molecule has 2 N–H and O–H groups in total. The van der Waals surface area contributed by atoms with Crippen LogP contribution in [0.2, 0.25) is 0 Å². The second-order valence-electron chi connectivity index (χ2n) is 4.58. The van der Waals surface area contributed by atoms with Crippen LogP contribution in [0.1, 0.15) is 28.1 Å². The van der Waals surface area contributed by atoms with Crippen molar-refractivity contribution < 1.29 is 9.59 Å². The predicted molar refractivity (Wildman–Crippen MR) is 85.7 cm³/mol. The maximum Gasteiger partial charge on any atom is 0.261 e. The van der Waals surface area contributed by atoms with E-state index in [2.05, 4.69) is 10.6 Å². The summed E-state index contributed by atoms with van der Waals surface area (Å²) < 4.78 is 0. The minimum absolute atomic E-state index is 0.114. The summed E-state index contributed by atoms with van der Waals surface area (Å²) >= 11 is 1.38. The Morgan fingerprint density at radius 2 is 2.09 bits per heavy atom. The molecule has 6 heteroatoms. The molecule has 2 amide bonds. The second kappa shape index (κ2) is 7.96. The van der Waals surface area contributed by atoms with Crippen LogP contribution in [0.3, 0.4) is 0 Å². The van der Waals surface area contributed by atoms with E-state index in [1.54, 1.807) is 30.3 Å². The SMILES string of the molecule is N#Cc1cccc(NC(=O)CCCNC(=O)c2cccs2)c1. The topological polar surface area (TPSA) is 82.0 Å². The number of hydrogen-bond acceptors (Lipinski definition) is 4. The number of thiophene rings is 1. The molecule has 0 spiro atoms. The van der Waals surface area contributed by atoms with Crippen molar-refractivity contribution in [2.24, 2.45) is 0 Å². The number of nitrogens with one attached hydrogen (secondary N) is 2. The maximum absolute atomic E-state index is 11.8. The van der Waals surface area contributed by atoms with Crippen LogP contribution >= 0.6 is 11.3 Å². The molecule has 0 radical (unpaired) electrons. The van der Waals surface area contributed by atoms with Crippen LogP contribution in [0.4, 0.5) is 5.69 Å². The normalized spacial score (nSPS) is 9.77. The van der Waals surface area contributed by atoms with Gasteiger partial charge in [0.15, 0.2) is 0 Å². The number of anilines is 1. The molecule has 1 aromatic carbocycles. The van der Waals surface area contributed by atoms with Gasteiger partial charge in [0, 0.05) is 18.7 Å².